The summed E-state index contributed by atoms with van der Waals surface area (Å²) in [6, 6.07) is 8.27. The second-order valence-electron chi connectivity index (χ2n) is 4.80. The number of rotatable bonds is 5. The molecule has 1 aromatic rings. The number of nitrogen functional groups attached to an aromatic ring is 1. The van der Waals surface area contributed by atoms with Gasteiger partial charge in [0, 0.05) is 5.69 Å². The highest BCUT2D eigenvalue weighted by Crippen LogP contribution is 2.19. The van der Waals surface area contributed by atoms with E-state index in [1.54, 1.807) is 0 Å². The van der Waals surface area contributed by atoms with Crippen molar-refractivity contribution in [3.05, 3.63) is 29.8 Å². The van der Waals surface area contributed by atoms with Crippen LogP contribution in [0.5, 0.6) is 0 Å². The smallest absolute Gasteiger partial charge is 0.0314 e. The average molecular weight is 235 g/mol. The molecule has 0 heterocycles. The van der Waals surface area contributed by atoms with E-state index in [0.29, 0.717) is 0 Å². The zero-order chi connectivity index (χ0) is 13.3. The van der Waals surface area contributed by atoms with Crippen LogP contribution in [0, 0.1) is 11.8 Å². The molecule has 2 unspecified atom stereocenters. The lowest BCUT2D eigenvalue weighted by Crippen LogP contribution is -2.05. The first kappa shape index (κ1) is 16.0. The van der Waals surface area contributed by atoms with Crippen molar-refractivity contribution < 1.29 is 0 Å². The number of hydrogen-bond acceptors (Lipinski definition) is 1. The molecule has 1 aromatic carbocycles. The van der Waals surface area contributed by atoms with Gasteiger partial charge in [-0.2, -0.15) is 0 Å². The van der Waals surface area contributed by atoms with Crippen molar-refractivity contribution in [3.63, 3.8) is 0 Å². The van der Waals surface area contributed by atoms with Crippen molar-refractivity contribution in [1.82, 2.24) is 0 Å². The van der Waals surface area contributed by atoms with Crippen molar-refractivity contribution in [2.24, 2.45) is 11.8 Å². The Hall–Kier alpha value is -0.980. The van der Waals surface area contributed by atoms with E-state index >= 15 is 0 Å². The van der Waals surface area contributed by atoms with Gasteiger partial charge >= 0.3 is 0 Å². The zero-order valence-electron chi connectivity index (χ0n) is 12.2. The highest BCUT2D eigenvalue weighted by Gasteiger charge is 2.07. The SMILES string of the molecule is CC.CCC(C)CC(C)Cc1ccc(N)cc1. The summed E-state index contributed by atoms with van der Waals surface area (Å²) in [5.41, 5.74) is 7.92. The predicted octanol–water partition coefficient (Wildman–Crippen LogP) is 4.91. The molecule has 17 heavy (non-hydrogen) atoms. The fourth-order valence-electron chi connectivity index (χ4n) is 1.99. The van der Waals surface area contributed by atoms with Gasteiger partial charge in [-0.15, -0.1) is 0 Å². The Morgan fingerprint density at radius 2 is 1.53 bits per heavy atom. The Labute approximate surface area is 107 Å². The molecule has 0 amide bonds. The van der Waals surface area contributed by atoms with Gasteiger partial charge in [-0.05, 0) is 42.4 Å². The van der Waals surface area contributed by atoms with Gasteiger partial charge in [0.2, 0.25) is 0 Å². The summed E-state index contributed by atoms with van der Waals surface area (Å²) in [6.45, 7) is 10.9. The molecule has 2 N–H and O–H groups in total. The predicted molar refractivity (Wildman–Crippen MR) is 79.1 cm³/mol. The molecule has 1 nitrogen and oxygen atoms in total. The fraction of sp³-hybridized carbons (Fsp3) is 0.625. The summed E-state index contributed by atoms with van der Waals surface area (Å²) in [7, 11) is 0. The second kappa shape index (κ2) is 9.09. The molecular formula is C16H29N. The molecule has 98 valence electrons. The van der Waals surface area contributed by atoms with Crippen LogP contribution in [0.2, 0.25) is 0 Å². The molecule has 0 saturated heterocycles. The zero-order valence-corrected chi connectivity index (χ0v) is 12.2. The third-order valence-electron chi connectivity index (χ3n) is 3.07. The van der Waals surface area contributed by atoms with Crippen LogP contribution in [0.15, 0.2) is 24.3 Å². The monoisotopic (exact) mass is 235 g/mol. The first-order valence-electron chi connectivity index (χ1n) is 6.96. The molecule has 0 spiro atoms. The van der Waals surface area contributed by atoms with E-state index < -0.39 is 0 Å². The van der Waals surface area contributed by atoms with Gasteiger partial charge in [-0.25, -0.2) is 0 Å². The second-order valence-corrected chi connectivity index (χ2v) is 4.80. The van der Waals surface area contributed by atoms with Crippen LogP contribution < -0.4 is 5.73 Å². The van der Waals surface area contributed by atoms with Gasteiger partial charge in [-0.3, -0.25) is 0 Å². The van der Waals surface area contributed by atoms with Crippen LogP contribution in [-0.4, -0.2) is 0 Å². The van der Waals surface area contributed by atoms with Gasteiger partial charge in [0.05, 0.1) is 0 Å². The molecule has 1 heteroatoms. The first-order chi connectivity index (χ1) is 8.11. The number of nitrogens with two attached hydrogens (primary N) is 1. The summed E-state index contributed by atoms with van der Waals surface area (Å²) in [5.74, 6) is 1.61. The lowest BCUT2D eigenvalue weighted by molar-refractivity contribution is 0.404. The minimum absolute atomic E-state index is 0.767. The number of hydrogen-bond donors (Lipinski definition) is 1. The number of anilines is 1. The Morgan fingerprint density at radius 3 is 2.00 bits per heavy atom. The molecular weight excluding hydrogens is 206 g/mol. The van der Waals surface area contributed by atoms with Gasteiger partial charge in [0.25, 0.3) is 0 Å². The molecule has 2 atom stereocenters. The van der Waals surface area contributed by atoms with Gasteiger partial charge in [-0.1, -0.05) is 53.2 Å². The third-order valence-corrected chi connectivity index (χ3v) is 3.07. The summed E-state index contributed by atoms with van der Waals surface area (Å²) >= 11 is 0. The minimum atomic E-state index is 0.767. The van der Waals surface area contributed by atoms with E-state index in [4.69, 9.17) is 5.73 Å². The summed E-state index contributed by atoms with van der Waals surface area (Å²) < 4.78 is 0. The van der Waals surface area contributed by atoms with Gasteiger partial charge in [0.15, 0.2) is 0 Å². The molecule has 0 aliphatic heterocycles. The van der Waals surface area contributed by atoms with E-state index in [1.165, 1.54) is 24.8 Å². The molecule has 0 aliphatic rings. The molecule has 0 bridgehead atoms. The van der Waals surface area contributed by atoms with Crippen molar-refractivity contribution >= 4 is 5.69 Å². The largest absolute Gasteiger partial charge is 0.399 e. The maximum absolute atomic E-state index is 5.66. The van der Waals surface area contributed by atoms with E-state index in [9.17, 15) is 0 Å². The fourth-order valence-corrected chi connectivity index (χ4v) is 1.99. The van der Waals surface area contributed by atoms with Crippen molar-refractivity contribution in [2.45, 2.75) is 53.9 Å². The van der Waals surface area contributed by atoms with E-state index in [0.717, 1.165) is 17.5 Å². The topological polar surface area (TPSA) is 26.0 Å². The van der Waals surface area contributed by atoms with E-state index in [1.807, 2.05) is 26.0 Å². The lowest BCUT2D eigenvalue weighted by Gasteiger charge is -2.15. The van der Waals surface area contributed by atoms with Crippen LogP contribution in [0.4, 0.5) is 5.69 Å². The molecule has 0 aliphatic carbocycles. The maximum Gasteiger partial charge on any atom is 0.0314 e. The van der Waals surface area contributed by atoms with Gasteiger partial charge in [0.1, 0.15) is 0 Å². The molecule has 0 saturated carbocycles. The summed E-state index contributed by atoms with van der Waals surface area (Å²) in [6.07, 6.45) is 3.78. The van der Waals surface area contributed by atoms with Crippen LogP contribution in [0.3, 0.4) is 0 Å². The minimum Gasteiger partial charge on any atom is -0.399 e. The van der Waals surface area contributed by atoms with Crippen LogP contribution in [0.1, 0.15) is 53.0 Å². The Morgan fingerprint density at radius 1 is 1.00 bits per heavy atom. The highest BCUT2D eigenvalue weighted by atomic mass is 14.5. The standard InChI is InChI=1S/C14H23N.C2H6/c1-4-11(2)9-12(3)10-13-5-7-14(15)8-6-13;1-2/h5-8,11-12H,4,9-10,15H2,1-3H3;1-2H3. The molecule has 0 fully saturated rings. The van der Waals surface area contributed by atoms with E-state index in [-0.39, 0.29) is 0 Å². The highest BCUT2D eigenvalue weighted by molar-refractivity contribution is 5.39. The Balaban J connectivity index is 0.00000121. The van der Waals surface area contributed by atoms with Gasteiger partial charge < -0.3 is 5.73 Å². The first-order valence-corrected chi connectivity index (χ1v) is 6.96. The Bertz CT molecular complexity index is 276. The van der Waals surface area contributed by atoms with Crippen LogP contribution in [-0.2, 0) is 6.42 Å². The summed E-state index contributed by atoms with van der Waals surface area (Å²) in [4.78, 5) is 0. The number of benzene rings is 1. The Kier molecular flexibility index (Phi) is 8.57. The molecule has 0 aromatic heterocycles. The summed E-state index contributed by atoms with van der Waals surface area (Å²) in [5, 5.41) is 0. The van der Waals surface area contributed by atoms with Crippen LogP contribution >= 0.6 is 0 Å². The maximum atomic E-state index is 5.66. The van der Waals surface area contributed by atoms with Crippen molar-refractivity contribution in [3.8, 4) is 0 Å². The molecule has 1 rings (SSSR count). The van der Waals surface area contributed by atoms with Crippen molar-refractivity contribution in [1.29, 1.82) is 0 Å². The molecule has 0 radical (unpaired) electrons. The normalized spacial score (nSPS) is 13.5. The lowest BCUT2D eigenvalue weighted by atomic mass is 9.90. The third kappa shape index (κ3) is 7.04. The average Bonchev–Trinajstić information content (AvgIpc) is 2.34. The van der Waals surface area contributed by atoms with Crippen molar-refractivity contribution in [2.75, 3.05) is 5.73 Å². The quantitative estimate of drug-likeness (QED) is 0.721. The van der Waals surface area contributed by atoms with E-state index in [2.05, 4.69) is 32.9 Å². The van der Waals surface area contributed by atoms with Crippen LogP contribution in [0.25, 0.3) is 0 Å².